The molecule has 0 bridgehead atoms. The molecule has 1 atom stereocenters. The number of nitrogens with one attached hydrogen (secondary N) is 1. The standard InChI is InChI=1S/C13H12N2O3S2/c14-8-10-4-1-2-6-13(10)20(17,18)15-9-11(16)12-5-3-7-19-12/h1-7,11,15-16H,9H2. The lowest BCUT2D eigenvalue weighted by atomic mass is 10.2. The second-order valence-electron chi connectivity index (χ2n) is 3.99. The first-order valence-corrected chi connectivity index (χ1v) is 8.11. The largest absolute Gasteiger partial charge is 0.386 e. The van der Waals surface area contributed by atoms with Crippen LogP contribution in [-0.4, -0.2) is 20.1 Å². The van der Waals surface area contributed by atoms with Crippen LogP contribution >= 0.6 is 11.3 Å². The highest BCUT2D eigenvalue weighted by molar-refractivity contribution is 7.89. The number of sulfonamides is 1. The van der Waals surface area contributed by atoms with Crippen molar-refractivity contribution in [3.05, 3.63) is 52.2 Å². The fraction of sp³-hybridized carbons (Fsp3) is 0.154. The molecule has 7 heteroatoms. The highest BCUT2D eigenvalue weighted by Gasteiger charge is 2.20. The Labute approximate surface area is 121 Å². The number of aliphatic hydroxyl groups is 1. The Kier molecular flexibility index (Phi) is 4.52. The van der Waals surface area contributed by atoms with Gasteiger partial charge >= 0.3 is 0 Å². The summed E-state index contributed by atoms with van der Waals surface area (Å²) in [7, 11) is -3.82. The maximum Gasteiger partial charge on any atom is 0.241 e. The maximum atomic E-state index is 12.1. The summed E-state index contributed by atoms with van der Waals surface area (Å²) in [5.74, 6) is 0. The summed E-state index contributed by atoms with van der Waals surface area (Å²) >= 11 is 1.35. The number of thiophene rings is 1. The van der Waals surface area contributed by atoms with Gasteiger partial charge in [0.25, 0.3) is 0 Å². The van der Waals surface area contributed by atoms with Crippen molar-refractivity contribution in [2.75, 3.05) is 6.54 Å². The van der Waals surface area contributed by atoms with E-state index in [0.29, 0.717) is 4.88 Å². The van der Waals surface area contributed by atoms with Crippen molar-refractivity contribution in [3.8, 4) is 6.07 Å². The van der Waals surface area contributed by atoms with Crippen molar-refractivity contribution in [1.82, 2.24) is 4.72 Å². The first-order valence-electron chi connectivity index (χ1n) is 5.75. The summed E-state index contributed by atoms with van der Waals surface area (Å²) in [5, 5.41) is 20.6. The molecule has 0 spiro atoms. The summed E-state index contributed by atoms with van der Waals surface area (Å²) in [4.78, 5) is 0.599. The van der Waals surface area contributed by atoms with Gasteiger partial charge < -0.3 is 5.11 Å². The van der Waals surface area contributed by atoms with Crippen LogP contribution in [0.25, 0.3) is 0 Å². The Balaban J connectivity index is 2.14. The van der Waals surface area contributed by atoms with Crippen LogP contribution in [0.5, 0.6) is 0 Å². The summed E-state index contributed by atoms with van der Waals surface area (Å²) in [5.41, 5.74) is 0.0746. The molecule has 5 nitrogen and oxygen atoms in total. The van der Waals surface area contributed by atoms with Gasteiger partial charge in [-0.05, 0) is 23.6 Å². The van der Waals surface area contributed by atoms with Gasteiger partial charge in [0, 0.05) is 11.4 Å². The van der Waals surface area contributed by atoms with Crippen molar-refractivity contribution in [2.24, 2.45) is 0 Å². The minimum absolute atomic E-state index is 0.0746. The normalized spacial score (nSPS) is 12.8. The van der Waals surface area contributed by atoms with Gasteiger partial charge in [-0.2, -0.15) is 5.26 Å². The summed E-state index contributed by atoms with van der Waals surface area (Å²) in [6.45, 7) is -0.136. The van der Waals surface area contributed by atoms with Gasteiger partial charge in [-0.3, -0.25) is 0 Å². The second kappa shape index (κ2) is 6.15. The van der Waals surface area contributed by atoms with Crippen LogP contribution < -0.4 is 4.72 Å². The van der Waals surface area contributed by atoms with E-state index in [9.17, 15) is 13.5 Å². The summed E-state index contributed by atoms with van der Waals surface area (Å²) < 4.78 is 26.5. The molecular formula is C13H12N2O3S2. The van der Waals surface area contributed by atoms with Gasteiger partial charge in [-0.1, -0.05) is 18.2 Å². The minimum Gasteiger partial charge on any atom is -0.386 e. The lowest BCUT2D eigenvalue weighted by Gasteiger charge is -2.11. The Bertz CT molecular complexity index is 718. The van der Waals surface area contributed by atoms with E-state index in [1.807, 2.05) is 6.07 Å². The predicted molar refractivity (Wildman–Crippen MR) is 75.6 cm³/mol. The minimum atomic E-state index is -3.82. The van der Waals surface area contributed by atoms with Crippen LogP contribution in [0.1, 0.15) is 16.5 Å². The van der Waals surface area contributed by atoms with E-state index < -0.39 is 16.1 Å². The average molecular weight is 308 g/mol. The topological polar surface area (TPSA) is 90.2 Å². The first kappa shape index (κ1) is 14.7. The number of aliphatic hydroxyl groups excluding tert-OH is 1. The fourth-order valence-corrected chi connectivity index (χ4v) is 3.55. The third-order valence-corrected chi connectivity index (χ3v) is 5.09. The summed E-state index contributed by atoms with van der Waals surface area (Å²) in [6.07, 6.45) is -0.904. The molecule has 0 amide bonds. The highest BCUT2D eigenvalue weighted by atomic mass is 32.2. The predicted octanol–water partition coefficient (Wildman–Crippen LogP) is 1.63. The van der Waals surface area contributed by atoms with Crippen molar-refractivity contribution >= 4 is 21.4 Å². The molecule has 1 heterocycles. The third-order valence-electron chi connectivity index (χ3n) is 2.64. The average Bonchev–Trinajstić information content (AvgIpc) is 2.99. The molecule has 1 unspecified atom stereocenters. The van der Waals surface area contributed by atoms with Crippen molar-refractivity contribution in [3.63, 3.8) is 0 Å². The number of hydrogen-bond acceptors (Lipinski definition) is 5. The Morgan fingerprint density at radius 1 is 1.30 bits per heavy atom. The van der Waals surface area contributed by atoms with Crippen LogP contribution in [0, 0.1) is 11.3 Å². The molecule has 104 valence electrons. The van der Waals surface area contributed by atoms with E-state index in [0.717, 1.165) is 0 Å². The molecule has 20 heavy (non-hydrogen) atoms. The van der Waals surface area contributed by atoms with Crippen molar-refractivity contribution in [1.29, 1.82) is 5.26 Å². The molecule has 0 saturated heterocycles. The quantitative estimate of drug-likeness (QED) is 0.878. The molecule has 2 N–H and O–H groups in total. The Morgan fingerprint density at radius 2 is 2.05 bits per heavy atom. The molecule has 0 aliphatic carbocycles. The Hall–Kier alpha value is -1.72. The number of nitrogens with zero attached hydrogens (tertiary/aromatic N) is 1. The molecule has 0 aliphatic rings. The van der Waals surface area contributed by atoms with E-state index in [1.165, 1.54) is 23.5 Å². The molecule has 0 saturated carbocycles. The van der Waals surface area contributed by atoms with Gasteiger partial charge in [0.2, 0.25) is 10.0 Å². The van der Waals surface area contributed by atoms with Gasteiger partial charge in [0.15, 0.2) is 0 Å². The van der Waals surface area contributed by atoms with E-state index in [-0.39, 0.29) is 17.0 Å². The lowest BCUT2D eigenvalue weighted by Crippen LogP contribution is -2.28. The van der Waals surface area contributed by atoms with E-state index in [1.54, 1.807) is 29.6 Å². The molecular weight excluding hydrogens is 296 g/mol. The van der Waals surface area contributed by atoms with Gasteiger partial charge in [-0.15, -0.1) is 11.3 Å². The van der Waals surface area contributed by atoms with Crippen LogP contribution in [0.2, 0.25) is 0 Å². The SMILES string of the molecule is N#Cc1ccccc1S(=O)(=O)NCC(O)c1cccs1. The number of hydrogen-bond donors (Lipinski definition) is 2. The van der Waals surface area contributed by atoms with Crippen LogP contribution in [0.15, 0.2) is 46.7 Å². The molecule has 0 radical (unpaired) electrons. The molecule has 2 rings (SSSR count). The molecule has 1 aromatic carbocycles. The first-order chi connectivity index (χ1) is 9.54. The zero-order chi connectivity index (χ0) is 14.6. The van der Waals surface area contributed by atoms with E-state index >= 15 is 0 Å². The zero-order valence-electron chi connectivity index (χ0n) is 10.4. The number of benzene rings is 1. The summed E-state index contributed by atoms with van der Waals surface area (Å²) in [6, 6.07) is 11.3. The van der Waals surface area contributed by atoms with Crippen LogP contribution in [0.3, 0.4) is 0 Å². The van der Waals surface area contributed by atoms with Crippen LogP contribution in [0.4, 0.5) is 0 Å². The van der Waals surface area contributed by atoms with E-state index in [4.69, 9.17) is 5.26 Å². The third kappa shape index (κ3) is 3.23. The van der Waals surface area contributed by atoms with Crippen LogP contribution in [-0.2, 0) is 10.0 Å². The number of rotatable bonds is 5. The molecule has 0 fully saturated rings. The Morgan fingerprint density at radius 3 is 2.70 bits per heavy atom. The molecule has 0 aliphatic heterocycles. The van der Waals surface area contributed by atoms with Gasteiger partial charge in [0.1, 0.15) is 12.2 Å². The molecule has 1 aromatic heterocycles. The van der Waals surface area contributed by atoms with Gasteiger partial charge in [0.05, 0.1) is 10.5 Å². The number of nitriles is 1. The van der Waals surface area contributed by atoms with E-state index in [2.05, 4.69) is 4.72 Å². The zero-order valence-corrected chi connectivity index (χ0v) is 12.0. The molecule has 2 aromatic rings. The second-order valence-corrected chi connectivity index (χ2v) is 6.71. The van der Waals surface area contributed by atoms with Gasteiger partial charge in [-0.25, -0.2) is 13.1 Å². The maximum absolute atomic E-state index is 12.1. The highest BCUT2D eigenvalue weighted by Crippen LogP contribution is 2.19. The monoisotopic (exact) mass is 308 g/mol. The van der Waals surface area contributed by atoms with Crippen molar-refractivity contribution < 1.29 is 13.5 Å². The van der Waals surface area contributed by atoms with Crippen molar-refractivity contribution in [2.45, 2.75) is 11.0 Å². The fourth-order valence-electron chi connectivity index (χ4n) is 1.64. The lowest BCUT2D eigenvalue weighted by molar-refractivity contribution is 0.186. The smallest absolute Gasteiger partial charge is 0.241 e.